The second-order valence-corrected chi connectivity index (χ2v) is 4.31. The molecular formula is C11H13NO4S. The number of carboxylic acids is 1. The minimum Gasteiger partial charge on any atom is -0.478 e. The number of nitrogens with two attached hydrogens (primary N) is 1. The molecule has 0 amide bonds. The summed E-state index contributed by atoms with van der Waals surface area (Å²) in [6, 6.07) is 4.70. The van der Waals surface area contributed by atoms with Gasteiger partial charge in [-0.15, -0.1) is 11.8 Å². The molecule has 0 bridgehead atoms. The van der Waals surface area contributed by atoms with Gasteiger partial charge in [-0.05, 0) is 12.1 Å². The van der Waals surface area contributed by atoms with Crippen LogP contribution in [0.4, 0.5) is 5.69 Å². The van der Waals surface area contributed by atoms with Crippen LogP contribution >= 0.6 is 11.8 Å². The second kappa shape index (κ2) is 6.15. The summed E-state index contributed by atoms with van der Waals surface area (Å²) in [7, 11) is 1.31. The number of carbonyl (C=O) groups is 2. The molecule has 3 N–H and O–H groups in total. The van der Waals surface area contributed by atoms with E-state index in [9.17, 15) is 9.59 Å². The van der Waals surface area contributed by atoms with E-state index < -0.39 is 5.97 Å². The van der Waals surface area contributed by atoms with Gasteiger partial charge in [-0.3, -0.25) is 4.79 Å². The van der Waals surface area contributed by atoms with Gasteiger partial charge in [-0.25, -0.2) is 4.79 Å². The maximum absolute atomic E-state index is 11.0. The molecule has 17 heavy (non-hydrogen) atoms. The lowest BCUT2D eigenvalue weighted by Crippen LogP contribution is -2.04. The van der Waals surface area contributed by atoms with Crippen molar-refractivity contribution in [3.8, 4) is 0 Å². The maximum atomic E-state index is 11.0. The Balaban J connectivity index is 2.76. The van der Waals surface area contributed by atoms with Crippen LogP contribution in [0.15, 0.2) is 23.1 Å². The Kier molecular flexibility index (Phi) is 4.84. The fourth-order valence-electron chi connectivity index (χ4n) is 1.22. The highest BCUT2D eigenvalue weighted by molar-refractivity contribution is 7.99. The molecule has 92 valence electrons. The Labute approximate surface area is 103 Å². The van der Waals surface area contributed by atoms with Crippen molar-refractivity contribution in [3.05, 3.63) is 23.8 Å². The van der Waals surface area contributed by atoms with Crippen LogP contribution in [0.2, 0.25) is 0 Å². The fourth-order valence-corrected chi connectivity index (χ4v) is 2.24. The highest BCUT2D eigenvalue weighted by atomic mass is 32.2. The Morgan fingerprint density at radius 3 is 2.76 bits per heavy atom. The first-order valence-electron chi connectivity index (χ1n) is 4.87. The lowest BCUT2D eigenvalue weighted by molar-refractivity contribution is -0.140. The average Bonchev–Trinajstić information content (AvgIpc) is 2.30. The normalized spacial score (nSPS) is 9.94. The van der Waals surface area contributed by atoms with Crippen LogP contribution < -0.4 is 5.73 Å². The van der Waals surface area contributed by atoms with Crippen molar-refractivity contribution in [1.82, 2.24) is 0 Å². The van der Waals surface area contributed by atoms with E-state index in [0.717, 1.165) is 0 Å². The molecule has 0 atom stereocenters. The van der Waals surface area contributed by atoms with Crippen molar-refractivity contribution in [2.24, 2.45) is 0 Å². The van der Waals surface area contributed by atoms with Gasteiger partial charge in [0.05, 0.1) is 19.1 Å². The SMILES string of the molecule is COC(=O)CCSc1c(N)cccc1C(=O)O. The van der Waals surface area contributed by atoms with Gasteiger partial charge in [0.2, 0.25) is 0 Å². The van der Waals surface area contributed by atoms with Crippen molar-refractivity contribution < 1.29 is 19.4 Å². The van der Waals surface area contributed by atoms with Crippen LogP contribution in [0.3, 0.4) is 0 Å². The minimum absolute atomic E-state index is 0.153. The van der Waals surface area contributed by atoms with Crippen molar-refractivity contribution in [2.45, 2.75) is 11.3 Å². The van der Waals surface area contributed by atoms with Crippen molar-refractivity contribution >= 4 is 29.4 Å². The monoisotopic (exact) mass is 255 g/mol. The first-order chi connectivity index (χ1) is 8.06. The highest BCUT2D eigenvalue weighted by Crippen LogP contribution is 2.29. The summed E-state index contributed by atoms with van der Waals surface area (Å²) < 4.78 is 4.50. The largest absolute Gasteiger partial charge is 0.478 e. The van der Waals surface area contributed by atoms with Gasteiger partial charge in [0.25, 0.3) is 0 Å². The standard InChI is InChI=1S/C11H13NO4S/c1-16-9(13)5-6-17-10-7(11(14)15)3-2-4-8(10)12/h2-4H,5-6,12H2,1H3,(H,14,15). The molecule has 0 aliphatic carbocycles. The lowest BCUT2D eigenvalue weighted by Gasteiger charge is -2.08. The highest BCUT2D eigenvalue weighted by Gasteiger charge is 2.13. The third kappa shape index (κ3) is 3.67. The molecule has 1 rings (SSSR count). The van der Waals surface area contributed by atoms with Crippen molar-refractivity contribution in [3.63, 3.8) is 0 Å². The molecule has 0 heterocycles. The number of hydrogen-bond acceptors (Lipinski definition) is 5. The van der Waals surface area contributed by atoms with Crippen LogP contribution in [0, 0.1) is 0 Å². The number of carboxylic acid groups (broad SMARTS) is 1. The molecule has 0 unspecified atom stereocenters. The van der Waals surface area contributed by atoms with Crippen LogP contribution in [-0.2, 0) is 9.53 Å². The minimum atomic E-state index is -1.03. The molecule has 1 aromatic carbocycles. The number of carbonyl (C=O) groups excluding carboxylic acids is 1. The predicted octanol–water partition coefficient (Wildman–Crippen LogP) is 1.62. The van der Waals surface area contributed by atoms with Gasteiger partial charge in [-0.1, -0.05) is 6.07 Å². The number of hydrogen-bond donors (Lipinski definition) is 2. The van der Waals surface area contributed by atoms with Gasteiger partial charge in [0, 0.05) is 16.3 Å². The molecule has 0 aliphatic rings. The molecular weight excluding hydrogens is 242 g/mol. The number of rotatable bonds is 5. The first kappa shape index (κ1) is 13.4. The quantitative estimate of drug-likeness (QED) is 0.472. The lowest BCUT2D eigenvalue weighted by atomic mass is 10.2. The summed E-state index contributed by atoms with van der Waals surface area (Å²) in [6.07, 6.45) is 0.217. The number of esters is 1. The van der Waals surface area contributed by atoms with Crippen LogP contribution in [0.25, 0.3) is 0 Å². The molecule has 0 aromatic heterocycles. The predicted molar refractivity (Wildman–Crippen MR) is 65.2 cm³/mol. The van der Waals surface area contributed by atoms with Crippen molar-refractivity contribution in [2.75, 3.05) is 18.6 Å². The molecule has 6 heteroatoms. The Bertz CT molecular complexity index is 433. The van der Waals surface area contributed by atoms with Gasteiger partial charge in [-0.2, -0.15) is 0 Å². The van der Waals surface area contributed by atoms with E-state index in [1.54, 1.807) is 12.1 Å². The number of ether oxygens (including phenoxy) is 1. The summed E-state index contributed by atoms with van der Waals surface area (Å²) in [5, 5.41) is 8.98. The molecule has 0 radical (unpaired) electrons. The van der Waals surface area contributed by atoms with Gasteiger partial charge in [0.15, 0.2) is 0 Å². The van der Waals surface area contributed by atoms with E-state index in [-0.39, 0.29) is 18.0 Å². The Hall–Kier alpha value is -1.69. The summed E-state index contributed by atoms with van der Waals surface area (Å²) >= 11 is 1.24. The zero-order chi connectivity index (χ0) is 12.8. The van der Waals surface area contributed by atoms with E-state index in [2.05, 4.69) is 4.74 Å². The number of thioether (sulfide) groups is 1. The summed E-state index contributed by atoms with van der Waals surface area (Å²) in [5.41, 5.74) is 6.26. The number of anilines is 1. The molecule has 0 aliphatic heterocycles. The van der Waals surface area contributed by atoms with Crippen LogP contribution in [0.5, 0.6) is 0 Å². The Morgan fingerprint density at radius 1 is 1.47 bits per heavy atom. The van der Waals surface area contributed by atoms with E-state index in [4.69, 9.17) is 10.8 Å². The smallest absolute Gasteiger partial charge is 0.336 e. The third-order valence-corrected chi connectivity index (χ3v) is 3.21. The topological polar surface area (TPSA) is 89.6 Å². The number of methoxy groups -OCH3 is 1. The summed E-state index contributed by atoms with van der Waals surface area (Å²) in [4.78, 5) is 22.4. The van der Waals surface area contributed by atoms with E-state index >= 15 is 0 Å². The Morgan fingerprint density at radius 2 is 2.18 bits per heavy atom. The zero-order valence-electron chi connectivity index (χ0n) is 9.30. The summed E-state index contributed by atoms with van der Waals surface area (Å²) in [5.74, 6) is -0.928. The summed E-state index contributed by atoms with van der Waals surface area (Å²) in [6.45, 7) is 0. The number of benzene rings is 1. The fraction of sp³-hybridized carbons (Fsp3) is 0.273. The van der Waals surface area contributed by atoms with E-state index in [1.807, 2.05) is 0 Å². The molecule has 1 aromatic rings. The third-order valence-electron chi connectivity index (χ3n) is 2.06. The molecule has 0 fully saturated rings. The van der Waals surface area contributed by atoms with Gasteiger partial charge in [0.1, 0.15) is 0 Å². The number of aromatic carboxylic acids is 1. The van der Waals surface area contributed by atoms with E-state index in [1.165, 1.54) is 24.9 Å². The average molecular weight is 255 g/mol. The molecule has 0 saturated heterocycles. The van der Waals surface area contributed by atoms with Crippen molar-refractivity contribution in [1.29, 1.82) is 0 Å². The van der Waals surface area contributed by atoms with Gasteiger partial charge < -0.3 is 15.6 Å². The maximum Gasteiger partial charge on any atom is 0.336 e. The second-order valence-electron chi connectivity index (χ2n) is 3.20. The molecule has 5 nitrogen and oxygen atoms in total. The molecule has 0 spiro atoms. The van der Waals surface area contributed by atoms with Crippen LogP contribution in [0.1, 0.15) is 16.8 Å². The van der Waals surface area contributed by atoms with Crippen LogP contribution in [-0.4, -0.2) is 29.9 Å². The van der Waals surface area contributed by atoms with E-state index in [0.29, 0.717) is 16.3 Å². The molecule has 0 saturated carbocycles. The first-order valence-corrected chi connectivity index (χ1v) is 5.86. The van der Waals surface area contributed by atoms with Gasteiger partial charge >= 0.3 is 11.9 Å². The zero-order valence-corrected chi connectivity index (χ0v) is 10.1. The number of nitrogen functional groups attached to an aromatic ring is 1.